The molecule has 1 aromatic carbocycles. The van der Waals surface area contributed by atoms with Crippen LogP contribution in [-0.4, -0.2) is 42.2 Å². The van der Waals surface area contributed by atoms with Crippen molar-refractivity contribution in [3.63, 3.8) is 0 Å². The van der Waals surface area contributed by atoms with E-state index in [1.165, 1.54) is 19.4 Å². The zero-order valence-corrected chi connectivity index (χ0v) is 20.3. The van der Waals surface area contributed by atoms with Gasteiger partial charge in [0.05, 0.1) is 24.7 Å². The van der Waals surface area contributed by atoms with Crippen LogP contribution in [0.25, 0.3) is 16.8 Å². The second-order valence-electron chi connectivity index (χ2n) is 8.14. The predicted octanol–water partition coefficient (Wildman–Crippen LogP) is 4.55. The van der Waals surface area contributed by atoms with Crippen molar-refractivity contribution >= 4 is 34.7 Å². The van der Waals surface area contributed by atoms with E-state index in [1.807, 2.05) is 12.1 Å². The molecule has 1 amide bonds. The van der Waals surface area contributed by atoms with Crippen LogP contribution in [0.4, 0.5) is 24.8 Å². The fourth-order valence-electron chi connectivity index (χ4n) is 3.90. The smallest absolute Gasteiger partial charge is 0.418 e. The maximum Gasteiger partial charge on any atom is 0.418 e. The Morgan fingerprint density at radius 1 is 1.16 bits per heavy atom. The highest BCUT2D eigenvalue weighted by molar-refractivity contribution is 6.30. The molecular weight excluding hydrogens is 525 g/mol. The minimum atomic E-state index is -4.72. The molecule has 0 bridgehead atoms. The van der Waals surface area contributed by atoms with Crippen molar-refractivity contribution in [3.05, 3.63) is 83.2 Å². The van der Waals surface area contributed by atoms with E-state index in [9.17, 15) is 18.0 Å². The van der Waals surface area contributed by atoms with E-state index in [1.54, 1.807) is 29.2 Å². The average Bonchev–Trinajstić information content (AvgIpc) is 3.50. The van der Waals surface area contributed by atoms with Gasteiger partial charge in [-0.25, -0.2) is 19.5 Å². The van der Waals surface area contributed by atoms with E-state index < -0.39 is 23.2 Å². The largest absolute Gasteiger partial charge is 0.480 e. The number of hydrogen-bond acceptors (Lipinski definition) is 7. The molecule has 0 aliphatic heterocycles. The van der Waals surface area contributed by atoms with E-state index >= 15 is 0 Å². The number of carbonyl (C=O) groups excluding carboxylic acids is 1. The number of nitrogens with one attached hydrogen (secondary N) is 1. The number of aromatic nitrogens is 6. The van der Waals surface area contributed by atoms with E-state index in [4.69, 9.17) is 22.1 Å². The zero-order valence-electron chi connectivity index (χ0n) is 19.6. The van der Waals surface area contributed by atoms with Gasteiger partial charge in [0.15, 0.2) is 11.6 Å². The summed E-state index contributed by atoms with van der Waals surface area (Å²) in [6, 6.07) is 9.52. The van der Waals surface area contributed by atoms with Crippen molar-refractivity contribution < 1.29 is 22.7 Å². The van der Waals surface area contributed by atoms with Crippen LogP contribution in [0.2, 0.25) is 5.02 Å². The Labute approximate surface area is 217 Å². The lowest BCUT2D eigenvalue weighted by Crippen LogP contribution is -2.14. The monoisotopic (exact) mass is 542 g/mol. The van der Waals surface area contributed by atoms with Gasteiger partial charge in [-0.05, 0) is 29.8 Å². The Balaban J connectivity index is 1.46. The highest BCUT2D eigenvalue weighted by atomic mass is 35.5. The third-order valence-corrected chi connectivity index (χ3v) is 5.88. The fourth-order valence-corrected chi connectivity index (χ4v) is 4.03. The maximum atomic E-state index is 13.7. The number of alkyl halides is 3. The Hall–Kier alpha value is -4.65. The standard InChI is InChI=1S/C24H18ClF3N8O2/c1-38-23-16(22(37)34-19-10-35(12-32-19)9-13-2-4-15(25)5-3-13)6-14(8-30-23)18-7-17(24(26,27)28)20-21(29)31-11-33-36(18)20/h2-8,10-12H,9H2,1H3,(H,34,37)(H2,29,31,33). The van der Waals surface area contributed by atoms with Crippen LogP contribution in [0.5, 0.6) is 5.88 Å². The molecule has 194 valence electrons. The van der Waals surface area contributed by atoms with Gasteiger partial charge in [0.1, 0.15) is 17.4 Å². The summed E-state index contributed by atoms with van der Waals surface area (Å²) < 4.78 is 49.1. The number of hydrogen-bond donors (Lipinski definition) is 2. The molecule has 5 rings (SSSR count). The molecule has 0 aliphatic rings. The van der Waals surface area contributed by atoms with E-state index in [0.717, 1.165) is 22.5 Å². The Morgan fingerprint density at radius 2 is 1.92 bits per heavy atom. The molecule has 14 heteroatoms. The molecule has 4 aromatic heterocycles. The van der Waals surface area contributed by atoms with Crippen molar-refractivity contribution in [2.75, 3.05) is 18.2 Å². The average molecular weight is 543 g/mol. The lowest BCUT2D eigenvalue weighted by Gasteiger charge is -2.10. The van der Waals surface area contributed by atoms with Crippen LogP contribution in [0.1, 0.15) is 21.5 Å². The molecule has 0 unspecified atom stereocenters. The molecule has 0 atom stereocenters. The molecule has 38 heavy (non-hydrogen) atoms. The number of nitrogen functional groups attached to an aromatic ring is 1. The predicted molar refractivity (Wildman–Crippen MR) is 133 cm³/mol. The van der Waals surface area contributed by atoms with Gasteiger partial charge in [-0.3, -0.25) is 4.79 Å². The van der Waals surface area contributed by atoms with Gasteiger partial charge >= 0.3 is 6.18 Å². The van der Waals surface area contributed by atoms with Crippen LogP contribution in [0.3, 0.4) is 0 Å². The molecule has 3 N–H and O–H groups in total. The number of amides is 1. The van der Waals surface area contributed by atoms with Gasteiger partial charge in [0, 0.05) is 29.5 Å². The topological polar surface area (TPSA) is 125 Å². The number of benzene rings is 1. The van der Waals surface area contributed by atoms with Crippen LogP contribution < -0.4 is 15.8 Å². The number of methoxy groups -OCH3 is 1. The van der Waals surface area contributed by atoms with E-state index in [2.05, 4.69) is 25.4 Å². The summed E-state index contributed by atoms with van der Waals surface area (Å²) in [5.41, 5.74) is 5.45. The second-order valence-corrected chi connectivity index (χ2v) is 8.58. The van der Waals surface area contributed by atoms with E-state index in [0.29, 0.717) is 11.6 Å². The number of pyridine rings is 1. The SMILES string of the molecule is COc1ncc(-c2cc(C(F)(F)F)c3c(N)ncnn23)cc1C(=O)Nc1cn(Cc2ccc(Cl)cc2)cn1. The Bertz CT molecular complexity index is 1650. The van der Waals surface area contributed by atoms with Crippen molar-refractivity contribution in [2.24, 2.45) is 0 Å². The summed E-state index contributed by atoms with van der Waals surface area (Å²) in [7, 11) is 1.32. The number of nitrogens with two attached hydrogens (primary N) is 1. The molecule has 0 saturated carbocycles. The van der Waals surface area contributed by atoms with Gasteiger partial charge in [0.2, 0.25) is 5.88 Å². The van der Waals surface area contributed by atoms with Crippen molar-refractivity contribution in [2.45, 2.75) is 12.7 Å². The minimum Gasteiger partial charge on any atom is -0.480 e. The lowest BCUT2D eigenvalue weighted by molar-refractivity contribution is -0.136. The molecule has 0 spiro atoms. The van der Waals surface area contributed by atoms with E-state index in [-0.39, 0.29) is 34.3 Å². The first-order valence-electron chi connectivity index (χ1n) is 11.0. The van der Waals surface area contributed by atoms with Gasteiger partial charge in [-0.1, -0.05) is 23.7 Å². The van der Waals surface area contributed by atoms with Gasteiger partial charge in [0.25, 0.3) is 5.91 Å². The highest BCUT2D eigenvalue weighted by Gasteiger charge is 2.36. The summed E-state index contributed by atoms with van der Waals surface area (Å²) in [6.45, 7) is 0.494. The van der Waals surface area contributed by atoms with Crippen LogP contribution in [0.15, 0.2) is 61.4 Å². The Kier molecular flexibility index (Phi) is 6.36. The summed E-state index contributed by atoms with van der Waals surface area (Å²) in [6.07, 6.45) is 0.776. The first-order chi connectivity index (χ1) is 18.1. The van der Waals surface area contributed by atoms with Gasteiger partial charge in [-0.15, -0.1) is 0 Å². The molecule has 0 radical (unpaired) electrons. The summed E-state index contributed by atoms with van der Waals surface area (Å²) in [4.78, 5) is 25.1. The number of carbonyl (C=O) groups is 1. The first-order valence-corrected chi connectivity index (χ1v) is 11.3. The minimum absolute atomic E-state index is 0.0119. The van der Waals surface area contributed by atoms with Gasteiger partial charge < -0.3 is 20.4 Å². The Morgan fingerprint density at radius 3 is 2.63 bits per heavy atom. The van der Waals surface area contributed by atoms with Crippen LogP contribution in [0, 0.1) is 0 Å². The maximum absolute atomic E-state index is 13.7. The molecule has 5 aromatic rings. The number of fused-ring (bicyclic) bond motifs is 1. The summed E-state index contributed by atoms with van der Waals surface area (Å²) >= 11 is 5.92. The molecule has 0 fully saturated rings. The highest BCUT2D eigenvalue weighted by Crippen LogP contribution is 2.39. The van der Waals surface area contributed by atoms with Gasteiger partial charge in [-0.2, -0.15) is 18.3 Å². The van der Waals surface area contributed by atoms with Crippen LogP contribution in [-0.2, 0) is 12.7 Å². The molecule has 0 aliphatic carbocycles. The molecular formula is C24H18ClF3N8O2. The molecule has 10 nitrogen and oxygen atoms in total. The summed E-state index contributed by atoms with van der Waals surface area (Å²) in [5, 5.41) is 7.20. The summed E-state index contributed by atoms with van der Waals surface area (Å²) in [5.74, 6) is -0.742. The van der Waals surface area contributed by atoms with Crippen molar-refractivity contribution in [1.82, 2.24) is 29.1 Å². The van der Waals surface area contributed by atoms with Crippen LogP contribution >= 0.6 is 11.6 Å². The lowest BCUT2D eigenvalue weighted by atomic mass is 10.1. The normalized spacial score (nSPS) is 11.6. The third kappa shape index (κ3) is 4.83. The number of nitrogens with zero attached hydrogens (tertiary/aromatic N) is 6. The quantitative estimate of drug-likeness (QED) is 0.322. The first kappa shape index (κ1) is 25.0. The zero-order chi connectivity index (χ0) is 27.0. The number of rotatable bonds is 6. The molecule has 0 saturated heterocycles. The third-order valence-electron chi connectivity index (χ3n) is 5.63. The number of anilines is 2. The number of halogens is 4. The van der Waals surface area contributed by atoms with Crippen molar-refractivity contribution in [3.8, 4) is 17.1 Å². The van der Waals surface area contributed by atoms with Crippen molar-refractivity contribution in [1.29, 1.82) is 0 Å². The molecule has 4 heterocycles. The second kappa shape index (κ2) is 9.67. The number of imidazole rings is 1. The fraction of sp³-hybridized carbons (Fsp3) is 0.125. The number of ether oxygens (including phenoxy) is 1.